The first-order valence-corrected chi connectivity index (χ1v) is 24.1. The molecule has 1 amide bonds. The standard InChI is InChI=1S/C46H61N8O6PS/c1-31(49-30-45(5)27-44(4)25-43(2,3)26-46(28-44,29-45)60-20-19-53(6)17-9-21-61(57,58)59)35(22-47)33-13-14-39(50-38(33)24-55)54-18-15-32-10-7-11-34(36(32)23-54)40(56)52-42-51-37-12-8-16-48-41(37)62-42/h7-8,10-14,16,22,24,47,49H,9,15,17-21,23,25-30H2,1-6H3,(H,51,52,56)(H2,57,58,59)/b35-31+,47-22?. The fraction of sp³-hybridized carbons (Fsp3) is 0.522. The fourth-order valence-electron chi connectivity index (χ4n) is 11.2. The summed E-state index contributed by atoms with van der Waals surface area (Å²) in [5.74, 6) is 0.381. The Balaban J connectivity index is 1.04. The number of carbonyl (C=O) groups excluding carboxylic acids is 2. The van der Waals surface area contributed by atoms with Crippen LogP contribution in [-0.2, 0) is 22.3 Å². The zero-order chi connectivity index (χ0) is 44.5. The van der Waals surface area contributed by atoms with E-state index in [2.05, 4.69) is 58.1 Å². The smallest absolute Gasteiger partial charge is 0.325 e. The number of hydrogen-bond donors (Lipinski definition) is 5. The Morgan fingerprint density at radius 3 is 2.58 bits per heavy atom. The summed E-state index contributed by atoms with van der Waals surface area (Å²) in [6.07, 6.45) is 9.70. The molecule has 0 saturated heterocycles. The maximum Gasteiger partial charge on any atom is 0.325 e. The molecule has 2 fully saturated rings. The Labute approximate surface area is 368 Å². The molecule has 0 spiro atoms. The van der Waals surface area contributed by atoms with Crippen LogP contribution >= 0.6 is 18.9 Å². The van der Waals surface area contributed by atoms with Crippen LogP contribution < -0.4 is 15.5 Å². The number of allylic oxidation sites excluding steroid dienone is 2. The number of nitrogens with one attached hydrogen (secondary N) is 3. The summed E-state index contributed by atoms with van der Waals surface area (Å²) < 4.78 is 18.3. The molecule has 3 atom stereocenters. The van der Waals surface area contributed by atoms with Crippen molar-refractivity contribution in [2.24, 2.45) is 16.2 Å². The van der Waals surface area contributed by atoms with Crippen LogP contribution in [0.4, 0.5) is 10.9 Å². The lowest BCUT2D eigenvalue weighted by molar-refractivity contribution is -0.191. The van der Waals surface area contributed by atoms with Gasteiger partial charge in [0, 0.05) is 61.0 Å². The Morgan fingerprint density at radius 1 is 1.03 bits per heavy atom. The van der Waals surface area contributed by atoms with Gasteiger partial charge in [-0.25, -0.2) is 15.0 Å². The number of aldehydes is 1. The largest absolute Gasteiger partial charge is 0.387 e. The van der Waals surface area contributed by atoms with Crippen molar-refractivity contribution in [3.63, 3.8) is 0 Å². The van der Waals surface area contributed by atoms with Gasteiger partial charge in [-0.1, -0.05) is 51.2 Å². The average Bonchev–Trinajstić information content (AvgIpc) is 3.60. The first-order valence-electron chi connectivity index (χ1n) is 21.5. The average molecular weight is 885 g/mol. The number of fused-ring (bicyclic) bond motifs is 4. The van der Waals surface area contributed by atoms with Crippen LogP contribution in [0.3, 0.4) is 0 Å². The number of nitrogens with zero attached hydrogens (tertiary/aromatic N) is 5. The third kappa shape index (κ3) is 10.7. The van der Waals surface area contributed by atoms with Crippen LogP contribution in [0.5, 0.6) is 0 Å². The molecule has 3 aromatic heterocycles. The molecule has 7 rings (SSSR count). The number of benzene rings is 1. The summed E-state index contributed by atoms with van der Waals surface area (Å²) in [6, 6.07) is 13.2. The van der Waals surface area contributed by atoms with E-state index in [0.29, 0.717) is 79.8 Å². The quantitative estimate of drug-likeness (QED) is 0.0391. The third-order valence-electron chi connectivity index (χ3n) is 12.8. The first kappa shape index (κ1) is 45.6. The van der Waals surface area contributed by atoms with E-state index in [1.165, 1.54) is 17.6 Å². The number of amides is 1. The molecule has 0 radical (unpaired) electrons. The Bertz CT molecular complexity index is 2380. The summed E-state index contributed by atoms with van der Waals surface area (Å²) in [5.41, 5.74) is 5.28. The van der Waals surface area contributed by atoms with Crippen molar-refractivity contribution in [3.8, 4) is 0 Å². The molecule has 332 valence electrons. The van der Waals surface area contributed by atoms with Crippen LogP contribution in [0, 0.1) is 21.7 Å². The van der Waals surface area contributed by atoms with E-state index in [9.17, 15) is 23.9 Å². The Kier molecular flexibility index (Phi) is 13.3. The summed E-state index contributed by atoms with van der Waals surface area (Å²) in [6.45, 7) is 14.9. The number of likely N-dealkylation sites (N-methyl/N-ethyl adjacent to an activating group) is 1. The fourth-order valence-corrected chi connectivity index (χ4v) is 12.6. The zero-order valence-corrected chi connectivity index (χ0v) is 38.5. The number of aromatic nitrogens is 3. The number of ether oxygens (including phenoxy) is 1. The minimum atomic E-state index is -4.01. The van der Waals surface area contributed by atoms with E-state index in [0.717, 1.165) is 65.6 Å². The molecule has 3 aliphatic rings. The van der Waals surface area contributed by atoms with Gasteiger partial charge < -0.3 is 35.0 Å². The molecule has 1 aliphatic heterocycles. The van der Waals surface area contributed by atoms with Gasteiger partial charge in [0.2, 0.25) is 0 Å². The van der Waals surface area contributed by atoms with Crippen LogP contribution in [-0.4, -0.2) is 99.6 Å². The van der Waals surface area contributed by atoms with E-state index < -0.39 is 7.60 Å². The molecule has 16 heteroatoms. The Morgan fingerprint density at radius 2 is 1.84 bits per heavy atom. The predicted octanol–water partition coefficient (Wildman–Crippen LogP) is 7.96. The van der Waals surface area contributed by atoms with E-state index >= 15 is 0 Å². The van der Waals surface area contributed by atoms with Gasteiger partial charge in [-0.2, -0.15) is 0 Å². The number of hydrogen-bond acceptors (Lipinski definition) is 12. The lowest BCUT2D eigenvalue weighted by Gasteiger charge is -2.61. The van der Waals surface area contributed by atoms with Gasteiger partial charge in [0.25, 0.3) is 5.91 Å². The van der Waals surface area contributed by atoms with Crippen molar-refractivity contribution in [2.75, 3.05) is 56.2 Å². The van der Waals surface area contributed by atoms with Crippen molar-refractivity contribution < 1.29 is 28.7 Å². The monoisotopic (exact) mass is 884 g/mol. The first-order chi connectivity index (χ1) is 29.3. The van der Waals surface area contributed by atoms with Gasteiger partial charge in [0.15, 0.2) is 11.4 Å². The van der Waals surface area contributed by atoms with E-state index in [1.54, 1.807) is 6.20 Å². The minimum absolute atomic E-state index is 0.0752. The molecule has 1 aromatic carbocycles. The second-order valence-corrected chi connectivity index (χ2v) is 22.2. The second kappa shape index (κ2) is 18.0. The molecule has 4 heterocycles. The van der Waals surface area contributed by atoms with Gasteiger partial charge >= 0.3 is 7.60 Å². The number of thiazole rings is 1. The maximum absolute atomic E-state index is 13.6. The van der Waals surface area contributed by atoms with E-state index in [-0.39, 0.29) is 39.6 Å². The van der Waals surface area contributed by atoms with Crippen molar-refractivity contribution in [2.45, 2.75) is 91.7 Å². The SMILES string of the molecule is C/C(NCC1(C)CC2(C)CC(C)(C)CC(OCCN(C)CCCP(=O)(O)O)(C1)C2)=C(/C=N)c1ccc(N2CCc3cccc(C(=O)Nc4nc5cccnc5s4)c3C2)nc1C=O. The number of pyridine rings is 2. The van der Waals surface area contributed by atoms with Crippen LogP contribution in [0.1, 0.15) is 111 Å². The summed E-state index contributed by atoms with van der Waals surface area (Å²) in [4.78, 5) is 63.4. The van der Waals surface area contributed by atoms with Gasteiger partial charge in [-0.3, -0.25) is 19.5 Å². The van der Waals surface area contributed by atoms with Gasteiger partial charge in [0.05, 0.1) is 18.4 Å². The molecule has 2 aliphatic carbocycles. The lowest BCUT2D eigenvalue weighted by Crippen LogP contribution is -2.58. The minimum Gasteiger partial charge on any atom is -0.387 e. The maximum atomic E-state index is 13.6. The van der Waals surface area contributed by atoms with Crippen molar-refractivity contribution >= 4 is 64.2 Å². The highest BCUT2D eigenvalue weighted by Crippen LogP contribution is 2.62. The number of anilines is 2. The van der Waals surface area contributed by atoms with Crippen LogP contribution in [0.2, 0.25) is 0 Å². The molecule has 5 N–H and O–H groups in total. The van der Waals surface area contributed by atoms with Crippen molar-refractivity contribution in [3.05, 3.63) is 82.3 Å². The van der Waals surface area contributed by atoms with Gasteiger partial charge in [-0.15, -0.1) is 0 Å². The third-order valence-corrected chi connectivity index (χ3v) is 14.6. The molecular weight excluding hydrogens is 824 g/mol. The van der Waals surface area contributed by atoms with Crippen molar-refractivity contribution in [1.29, 1.82) is 5.41 Å². The Hall–Kier alpha value is -4.37. The van der Waals surface area contributed by atoms with Gasteiger partial charge in [0.1, 0.15) is 21.9 Å². The van der Waals surface area contributed by atoms with Gasteiger partial charge in [-0.05, 0) is 123 Å². The lowest BCUT2D eigenvalue weighted by atomic mass is 9.48. The zero-order valence-electron chi connectivity index (χ0n) is 36.8. The highest BCUT2D eigenvalue weighted by Gasteiger charge is 2.58. The van der Waals surface area contributed by atoms with E-state index in [1.807, 2.05) is 56.4 Å². The number of rotatable bonds is 17. The highest BCUT2D eigenvalue weighted by molar-refractivity contribution is 7.51. The normalized spacial score (nSPS) is 23.7. The summed E-state index contributed by atoms with van der Waals surface area (Å²) in [7, 11) is -2.04. The highest BCUT2D eigenvalue weighted by atomic mass is 32.1. The molecular formula is C46H61N8O6PS. The molecule has 2 saturated carbocycles. The molecule has 14 nitrogen and oxygen atoms in total. The topological polar surface area (TPSA) is 194 Å². The molecule has 4 aromatic rings. The molecule has 3 unspecified atom stereocenters. The van der Waals surface area contributed by atoms with Crippen molar-refractivity contribution in [1.82, 2.24) is 25.2 Å². The van der Waals surface area contributed by atoms with E-state index in [4.69, 9.17) is 15.1 Å². The summed E-state index contributed by atoms with van der Waals surface area (Å²) in [5, 5.41) is 15.6. The van der Waals surface area contributed by atoms with Crippen LogP contribution in [0.25, 0.3) is 15.9 Å². The number of carbonyl (C=O) groups is 2. The molecule has 2 bridgehead atoms. The predicted molar refractivity (Wildman–Crippen MR) is 246 cm³/mol. The van der Waals surface area contributed by atoms with Crippen LogP contribution in [0.15, 0.2) is 54.4 Å². The summed E-state index contributed by atoms with van der Waals surface area (Å²) >= 11 is 1.33. The molecule has 62 heavy (non-hydrogen) atoms. The second-order valence-electron chi connectivity index (χ2n) is 19.4.